The number of aryl methyl sites for hydroxylation is 1. The zero-order valence-electron chi connectivity index (χ0n) is 10.3. The van der Waals surface area contributed by atoms with E-state index in [1.165, 1.54) is 24.8 Å². The minimum Gasteiger partial charge on any atom is -0.314 e. The smallest absolute Gasteiger partial charge is 0.0406 e. The standard InChI is InChI=1S/C14H22ClN/c1-3-11-16-12(2)5-4-6-13-7-9-14(15)10-8-13/h7-10,12,16H,3-6,11H2,1-2H3. The Morgan fingerprint density at radius 1 is 1.25 bits per heavy atom. The van der Waals surface area contributed by atoms with Crippen LogP contribution in [-0.4, -0.2) is 12.6 Å². The fraction of sp³-hybridized carbons (Fsp3) is 0.571. The first-order valence-electron chi connectivity index (χ1n) is 6.20. The van der Waals surface area contributed by atoms with Gasteiger partial charge in [-0.3, -0.25) is 0 Å². The second-order valence-corrected chi connectivity index (χ2v) is 4.81. The Labute approximate surface area is 104 Å². The molecule has 0 aliphatic carbocycles. The fourth-order valence-electron chi connectivity index (χ4n) is 1.76. The van der Waals surface area contributed by atoms with E-state index in [9.17, 15) is 0 Å². The Balaban J connectivity index is 2.17. The monoisotopic (exact) mass is 239 g/mol. The minimum absolute atomic E-state index is 0.632. The second kappa shape index (κ2) is 7.70. The molecule has 0 bridgehead atoms. The first-order valence-corrected chi connectivity index (χ1v) is 6.58. The summed E-state index contributed by atoms with van der Waals surface area (Å²) in [4.78, 5) is 0. The highest BCUT2D eigenvalue weighted by Crippen LogP contribution is 2.12. The van der Waals surface area contributed by atoms with Crippen molar-refractivity contribution in [1.29, 1.82) is 0 Å². The molecule has 2 heteroatoms. The van der Waals surface area contributed by atoms with Gasteiger partial charge in [-0.1, -0.05) is 30.7 Å². The maximum Gasteiger partial charge on any atom is 0.0406 e. The number of rotatable bonds is 7. The Morgan fingerprint density at radius 3 is 2.56 bits per heavy atom. The molecule has 1 atom stereocenters. The quantitative estimate of drug-likeness (QED) is 0.757. The van der Waals surface area contributed by atoms with Crippen molar-refractivity contribution < 1.29 is 0 Å². The van der Waals surface area contributed by atoms with Crippen LogP contribution in [0.1, 0.15) is 38.7 Å². The van der Waals surface area contributed by atoms with Crippen LogP contribution in [0.5, 0.6) is 0 Å². The molecule has 1 aromatic carbocycles. The molecule has 0 spiro atoms. The Morgan fingerprint density at radius 2 is 1.94 bits per heavy atom. The van der Waals surface area contributed by atoms with Crippen LogP contribution in [0.4, 0.5) is 0 Å². The van der Waals surface area contributed by atoms with E-state index < -0.39 is 0 Å². The summed E-state index contributed by atoms with van der Waals surface area (Å²) in [5, 5.41) is 4.33. The van der Waals surface area contributed by atoms with E-state index in [0.717, 1.165) is 18.0 Å². The molecule has 1 aromatic rings. The van der Waals surface area contributed by atoms with Gasteiger partial charge in [-0.2, -0.15) is 0 Å². The van der Waals surface area contributed by atoms with Gasteiger partial charge in [0.15, 0.2) is 0 Å². The van der Waals surface area contributed by atoms with Gasteiger partial charge in [0.1, 0.15) is 0 Å². The van der Waals surface area contributed by atoms with E-state index in [1.807, 2.05) is 12.1 Å². The second-order valence-electron chi connectivity index (χ2n) is 4.37. The minimum atomic E-state index is 0.632. The molecule has 0 amide bonds. The molecular formula is C14H22ClN. The topological polar surface area (TPSA) is 12.0 Å². The van der Waals surface area contributed by atoms with Crippen LogP contribution >= 0.6 is 11.6 Å². The average Bonchev–Trinajstić information content (AvgIpc) is 2.29. The summed E-state index contributed by atoms with van der Waals surface area (Å²) in [6.07, 6.45) is 4.83. The predicted octanol–water partition coefficient (Wildman–Crippen LogP) is 4.05. The van der Waals surface area contributed by atoms with Crippen molar-refractivity contribution in [3.05, 3.63) is 34.9 Å². The number of nitrogens with one attached hydrogen (secondary N) is 1. The molecule has 0 saturated carbocycles. The Hall–Kier alpha value is -0.530. The molecule has 0 aliphatic rings. The van der Waals surface area contributed by atoms with Gasteiger partial charge >= 0.3 is 0 Å². The van der Waals surface area contributed by atoms with Gasteiger partial charge in [0.2, 0.25) is 0 Å². The lowest BCUT2D eigenvalue weighted by Gasteiger charge is -2.12. The first-order chi connectivity index (χ1) is 7.72. The summed E-state index contributed by atoms with van der Waals surface area (Å²) in [5.41, 5.74) is 1.38. The molecule has 1 rings (SSSR count). The van der Waals surface area contributed by atoms with Gasteiger partial charge in [-0.05, 0) is 56.8 Å². The van der Waals surface area contributed by atoms with Gasteiger partial charge < -0.3 is 5.32 Å². The first kappa shape index (κ1) is 13.5. The zero-order chi connectivity index (χ0) is 11.8. The van der Waals surface area contributed by atoms with Crippen molar-refractivity contribution in [3.8, 4) is 0 Å². The van der Waals surface area contributed by atoms with E-state index in [1.54, 1.807) is 0 Å². The van der Waals surface area contributed by atoms with Gasteiger partial charge in [-0.25, -0.2) is 0 Å². The third-order valence-electron chi connectivity index (χ3n) is 2.76. The third-order valence-corrected chi connectivity index (χ3v) is 3.01. The number of hydrogen-bond acceptors (Lipinski definition) is 1. The molecule has 0 heterocycles. The van der Waals surface area contributed by atoms with E-state index in [2.05, 4.69) is 31.3 Å². The lowest BCUT2D eigenvalue weighted by molar-refractivity contribution is 0.498. The molecule has 0 aliphatic heterocycles. The van der Waals surface area contributed by atoms with E-state index in [0.29, 0.717) is 6.04 Å². The van der Waals surface area contributed by atoms with Crippen LogP contribution in [-0.2, 0) is 6.42 Å². The maximum absolute atomic E-state index is 5.84. The van der Waals surface area contributed by atoms with Crippen LogP contribution in [0.15, 0.2) is 24.3 Å². The molecule has 0 fully saturated rings. The highest BCUT2D eigenvalue weighted by Gasteiger charge is 2.00. The van der Waals surface area contributed by atoms with Crippen LogP contribution in [0.25, 0.3) is 0 Å². The number of benzene rings is 1. The SMILES string of the molecule is CCCNC(C)CCCc1ccc(Cl)cc1. The molecule has 1 unspecified atom stereocenters. The number of hydrogen-bond donors (Lipinski definition) is 1. The van der Waals surface area contributed by atoms with Crippen LogP contribution < -0.4 is 5.32 Å². The third kappa shape index (κ3) is 5.53. The van der Waals surface area contributed by atoms with Crippen LogP contribution in [0, 0.1) is 0 Å². The van der Waals surface area contributed by atoms with Crippen molar-refractivity contribution in [2.75, 3.05) is 6.54 Å². The van der Waals surface area contributed by atoms with Gasteiger partial charge in [0, 0.05) is 11.1 Å². The lowest BCUT2D eigenvalue weighted by Crippen LogP contribution is -2.26. The van der Waals surface area contributed by atoms with Crippen LogP contribution in [0.2, 0.25) is 5.02 Å². The highest BCUT2D eigenvalue weighted by molar-refractivity contribution is 6.30. The van der Waals surface area contributed by atoms with Gasteiger partial charge in [0.05, 0.1) is 0 Å². The van der Waals surface area contributed by atoms with Crippen molar-refractivity contribution in [2.24, 2.45) is 0 Å². The summed E-state index contributed by atoms with van der Waals surface area (Å²) in [6, 6.07) is 8.80. The highest BCUT2D eigenvalue weighted by atomic mass is 35.5. The summed E-state index contributed by atoms with van der Waals surface area (Å²) < 4.78 is 0. The van der Waals surface area contributed by atoms with E-state index in [4.69, 9.17) is 11.6 Å². The van der Waals surface area contributed by atoms with Gasteiger partial charge in [-0.15, -0.1) is 0 Å². The van der Waals surface area contributed by atoms with Gasteiger partial charge in [0.25, 0.3) is 0 Å². The fourth-order valence-corrected chi connectivity index (χ4v) is 1.88. The van der Waals surface area contributed by atoms with Crippen molar-refractivity contribution in [3.63, 3.8) is 0 Å². The molecule has 0 saturated heterocycles. The van der Waals surface area contributed by atoms with E-state index >= 15 is 0 Å². The van der Waals surface area contributed by atoms with Crippen molar-refractivity contribution in [1.82, 2.24) is 5.32 Å². The summed E-state index contributed by atoms with van der Waals surface area (Å²) in [5.74, 6) is 0. The van der Waals surface area contributed by atoms with Crippen molar-refractivity contribution >= 4 is 11.6 Å². The van der Waals surface area contributed by atoms with E-state index in [-0.39, 0.29) is 0 Å². The zero-order valence-corrected chi connectivity index (χ0v) is 11.1. The molecule has 0 radical (unpaired) electrons. The molecule has 90 valence electrons. The Kier molecular flexibility index (Phi) is 6.51. The Bertz CT molecular complexity index is 281. The molecule has 16 heavy (non-hydrogen) atoms. The summed E-state index contributed by atoms with van der Waals surface area (Å²) in [6.45, 7) is 5.59. The largest absolute Gasteiger partial charge is 0.314 e. The molecular weight excluding hydrogens is 218 g/mol. The molecule has 1 nitrogen and oxygen atoms in total. The lowest BCUT2D eigenvalue weighted by atomic mass is 10.1. The average molecular weight is 240 g/mol. The predicted molar refractivity (Wildman–Crippen MR) is 72.1 cm³/mol. The normalized spacial score (nSPS) is 12.7. The summed E-state index contributed by atoms with van der Waals surface area (Å²) in [7, 11) is 0. The van der Waals surface area contributed by atoms with Crippen molar-refractivity contribution in [2.45, 2.75) is 45.6 Å². The number of halogens is 1. The van der Waals surface area contributed by atoms with Crippen LogP contribution in [0.3, 0.4) is 0 Å². The summed E-state index contributed by atoms with van der Waals surface area (Å²) >= 11 is 5.84. The maximum atomic E-state index is 5.84. The molecule has 1 N–H and O–H groups in total. The molecule has 0 aromatic heterocycles.